The number of benzene rings is 1. The summed E-state index contributed by atoms with van der Waals surface area (Å²) in [6.07, 6.45) is 4.04. The van der Waals surface area contributed by atoms with E-state index in [0.29, 0.717) is 17.0 Å². The first-order chi connectivity index (χ1) is 10.1. The SMILES string of the molecule is CC1CCCCCN1S(=O)(=O)c1cccc(C#CCN)c1. The molecule has 0 bridgehead atoms. The third-order valence-corrected chi connectivity index (χ3v) is 5.78. The molecular formula is C16H22N2O2S. The highest BCUT2D eigenvalue weighted by atomic mass is 32.2. The summed E-state index contributed by atoms with van der Waals surface area (Å²) in [5.41, 5.74) is 6.04. The van der Waals surface area contributed by atoms with Crippen molar-refractivity contribution in [2.24, 2.45) is 5.73 Å². The van der Waals surface area contributed by atoms with Crippen LogP contribution in [0, 0.1) is 11.8 Å². The average Bonchev–Trinajstić information content (AvgIpc) is 2.70. The second kappa shape index (κ2) is 7.08. The van der Waals surface area contributed by atoms with Crippen LogP contribution >= 0.6 is 0 Å². The zero-order valence-corrected chi connectivity index (χ0v) is 13.2. The van der Waals surface area contributed by atoms with Crippen molar-refractivity contribution in [1.29, 1.82) is 0 Å². The Bertz CT molecular complexity index is 644. The molecule has 1 unspecified atom stereocenters. The summed E-state index contributed by atoms with van der Waals surface area (Å²) in [5, 5.41) is 0. The highest BCUT2D eigenvalue weighted by Gasteiger charge is 2.29. The summed E-state index contributed by atoms with van der Waals surface area (Å²) >= 11 is 0. The van der Waals surface area contributed by atoms with E-state index in [2.05, 4.69) is 11.8 Å². The van der Waals surface area contributed by atoms with Crippen LogP contribution in [0.2, 0.25) is 0 Å². The van der Waals surface area contributed by atoms with Crippen molar-refractivity contribution in [2.75, 3.05) is 13.1 Å². The van der Waals surface area contributed by atoms with Crippen LogP contribution in [0.5, 0.6) is 0 Å². The van der Waals surface area contributed by atoms with Gasteiger partial charge in [0.05, 0.1) is 11.4 Å². The average molecular weight is 306 g/mol. The van der Waals surface area contributed by atoms with Crippen molar-refractivity contribution >= 4 is 10.0 Å². The number of sulfonamides is 1. The third-order valence-electron chi connectivity index (χ3n) is 3.77. The zero-order valence-electron chi connectivity index (χ0n) is 12.4. The summed E-state index contributed by atoms with van der Waals surface area (Å²) in [6.45, 7) is 2.85. The van der Waals surface area contributed by atoms with E-state index in [4.69, 9.17) is 5.73 Å². The lowest BCUT2D eigenvalue weighted by molar-refractivity contribution is 0.342. The maximum Gasteiger partial charge on any atom is 0.243 e. The fourth-order valence-electron chi connectivity index (χ4n) is 2.63. The molecular weight excluding hydrogens is 284 g/mol. The van der Waals surface area contributed by atoms with E-state index < -0.39 is 10.0 Å². The third kappa shape index (κ3) is 3.85. The lowest BCUT2D eigenvalue weighted by atomic mass is 10.1. The molecule has 0 amide bonds. The van der Waals surface area contributed by atoms with Crippen LogP contribution in [0.1, 0.15) is 38.2 Å². The van der Waals surface area contributed by atoms with Gasteiger partial charge in [0.25, 0.3) is 0 Å². The lowest BCUT2D eigenvalue weighted by Crippen LogP contribution is -2.38. The van der Waals surface area contributed by atoms with Crippen molar-refractivity contribution in [3.05, 3.63) is 29.8 Å². The van der Waals surface area contributed by atoms with Gasteiger partial charge in [0, 0.05) is 18.2 Å². The molecule has 1 aromatic carbocycles. The predicted octanol–water partition coefficient (Wildman–Crippen LogP) is 1.95. The fourth-order valence-corrected chi connectivity index (χ4v) is 4.37. The summed E-state index contributed by atoms with van der Waals surface area (Å²) in [5.74, 6) is 5.64. The summed E-state index contributed by atoms with van der Waals surface area (Å²) < 4.78 is 27.3. The monoisotopic (exact) mass is 306 g/mol. The first kappa shape index (κ1) is 16.0. The van der Waals surface area contributed by atoms with E-state index in [0.717, 1.165) is 25.7 Å². The first-order valence-electron chi connectivity index (χ1n) is 7.36. The van der Waals surface area contributed by atoms with Crippen molar-refractivity contribution in [1.82, 2.24) is 4.31 Å². The van der Waals surface area contributed by atoms with Crippen LogP contribution in [-0.2, 0) is 10.0 Å². The molecule has 114 valence electrons. The smallest absolute Gasteiger partial charge is 0.243 e. The largest absolute Gasteiger partial charge is 0.320 e. The molecule has 0 aromatic heterocycles. The Morgan fingerprint density at radius 3 is 2.90 bits per heavy atom. The molecule has 0 radical (unpaired) electrons. The van der Waals surface area contributed by atoms with Gasteiger partial charge >= 0.3 is 0 Å². The molecule has 1 aliphatic heterocycles. The molecule has 1 fully saturated rings. The minimum absolute atomic E-state index is 0.0521. The summed E-state index contributed by atoms with van der Waals surface area (Å²) in [6, 6.07) is 6.86. The van der Waals surface area contributed by atoms with E-state index in [9.17, 15) is 8.42 Å². The molecule has 0 aliphatic carbocycles. The second-order valence-electron chi connectivity index (χ2n) is 5.35. The quantitative estimate of drug-likeness (QED) is 0.850. The molecule has 4 nitrogen and oxygen atoms in total. The molecule has 0 spiro atoms. The molecule has 5 heteroatoms. The maximum absolute atomic E-state index is 12.8. The van der Waals surface area contributed by atoms with Gasteiger partial charge in [0.15, 0.2) is 0 Å². The van der Waals surface area contributed by atoms with Crippen molar-refractivity contribution in [3.63, 3.8) is 0 Å². The van der Waals surface area contributed by atoms with E-state index in [1.54, 1.807) is 28.6 Å². The second-order valence-corrected chi connectivity index (χ2v) is 7.24. The van der Waals surface area contributed by atoms with Crippen molar-refractivity contribution in [3.8, 4) is 11.8 Å². The first-order valence-corrected chi connectivity index (χ1v) is 8.80. The molecule has 1 aromatic rings. The maximum atomic E-state index is 12.8. The van der Waals surface area contributed by atoms with E-state index in [-0.39, 0.29) is 12.6 Å². The number of rotatable bonds is 2. The van der Waals surface area contributed by atoms with Crippen LogP contribution in [0.3, 0.4) is 0 Å². The Balaban J connectivity index is 2.34. The zero-order chi connectivity index (χ0) is 15.3. The molecule has 1 heterocycles. The molecule has 0 saturated carbocycles. The molecule has 1 aliphatic rings. The van der Waals surface area contributed by atoms with Gasteiger partial charge in [-0.1, -0.05) is 30.7 Å². The van der Waals surface area contributed by atoms with Crippen molar-refractivity contribution < 1.29 is 8.42 Å². The molecule has 21 heavy (non-hydrogen) atoms. The Morgan fingerprint density at radius 1 is 1.33 bits per heavy atom. The van der Waals surface area contributed by atoms with Crippen LogP contribution in [0.25, 0.3) is 0 Å². The van der Waals surface area contributed by atoms with Gasteiger partial charge in [-0.3, -0.25) is 0 Å². The Kier molecular flexibility index (Phi) is 5.40. The van der Waals surface area contributed by atoms with Gasteiger partial charge in [-0.2, -0.15) is 4.31 Å². The molecule has 1 saturated heterocycles. The van der Waals surface area contributed by atoms with Gasteiger partial charge in [-0.05, 0) is 38.0 Å². The van der Waals surface area contributed by atoms with Gasteiger partial charge in [-0.25, -0.2) is 8.42 Å². The molecule has 2 rings (SSSR count). The van der Waals surface area contributed by atoms with Gasteiger partial charge in [0.2, 0.25) is 10.0 Å². The minimum Gasteiger partial charge on any atom is -0.320 e. The number of hydrogen-bond acceptors (Lipinski definition) is 3. The summed E-state index contributed by atoms with van der Waals surface area (Å²) in [7, 11) is -3.45. The van der Waals surface area contributed by atoms with Crippen LogP contribution < -0.4 is 5.73 Å². The van der Waals surface area contributed by atoms with Crippen LogP contribution in [0.15, 0.2) is 29.2 Å². The lowest BCUT2D eigenvalue weighted by Gasteiger charge is -2.26. The van der Waals surface area contributed by atoms with E-state index in [1.807, 2.05) is 6.92 Å². The number of nitrogens with two attached hydrogens (primary N) is 1. The topological polar surface area (TPSA) is 63.4 Å². The Morgan fingerprint density at radius 2 is 2.14 bits per heavy atom. The molecule has 2 N–H and O–H groups in total. The van der Waals surface area contributed by atoms with E-state index >= 15 is 0 Å². The standard InChI is InChI=1S/C16H22N2O2S/c1-14-7-3-2-4-12-18(14)21(19,20)16-10-5-8-15(13-16)9-6-11-17/h5,8,10,13-14H,2-4,7,11-12,17H2,1H3. The highest BCUT2D eigenvalue weighted by Crippen LogP contribution is 2.24. The minimum atomic E-state index is -3.45. The van der Waals surface area contributed by atoms with E-state index in [1.165, 1.54) is 0 Å². The number of hydrogen-bond donors (Lipinski definition) is 1. The molecule has 1 atom stereocenters. The van der Waals surface area contributed by atoms with Crippen LogP contribution in [0.4, 0.5) is 0 Å². The normalized spacial score (nSPS) is 20.4. The van der Waals surface area contributed by atoms with Gasteiger partial charge in [0.1, 0.15) is 0 Å². The Labute approximate surface area is 127 Å². The van der Waals surface area contributed by atoms with Crippen LogP contribution in [-0.4, -0.2) is 31.9 Å². The summed E-state index contributed by atoms with van der Waals surface area (Å²) in [4.78, 5) is 0.320. The Hall–Kier alpha value is -1.35. The van der Waals surface area contributed by atoms with Crippen molar-refractivity contribution in [2.45, 2.75) is 43.5 Å². The fraction of sp³-hybridized carbons (Fsp3) is 0.500. The predicted molar refractivity (Wildman–Crippen MR) is 84.2 cm³/mol. The van der Waals surface area contributed by atoms with Gasteiger partial charge in [-0.15, -0.1) is 0 Å². The highest BCUT2D eigenvalue weighted by molar-refractivity contribution is 7.89. The van der Waals surface area contributed by atoms with Gasteiger partial charge < -0.3 is 5.73 Å². The number of nitrogens with zero attached hydrogens (tertiary/aromatic N) is 1.